The van der Waals surface area contributed by atoms with Crippen LogP contribution in [0.2, 0.25) is 0 Å². The van der Waals surface area contributed by atoms with Gasteiger partial charge >= 0.3 is 0 Å². The molecule has 4 atom stereocenters. The third-order valence-corrected chi connectivity index (χ3v) is 5.33. The second-order valence-corrected chi connectivity index (χ2v) is 6.83. The second-order valence-electron chi connectivity index (χ2n) is 6.83. The summed E-state index contributed by atoms with van der Waals surface area (Å²) in [6.45, 7) is 3.24. The molecule has 2 aliphatic rings. The maximum Gasteiger partial charge on any atom is 0.272 e. The SMILES string of the molecule is COC[C@@H]1[C@H](NC(=O)c2nc(-c3ccccc3)[nH]c2C)[C@@H]2CCO[C@H]12. The molecular formula is C19H23N3O3. The molecule has 0 radical (unpaired) electrons. The number of aromatic nitrogens is 2. The molecular weight excluding hydrogens is 318 g/mol. The number of aromatic amines is 1. The number of carbonyl (C=O) groups is 1. The predicted octanol–water partition coefficient (Wildman–Crippen LogP) is 2.16. The van der Waals surface area contributed by atoms with Crippen molar-refractivity contribution in [3.8, 4) is 11.4 Å². The summed E-state index contributed by atoms with van der Waals surface area (Å²) in [4.78, 5) is 20.5. The molecule has 1 saturated heterocycles. The first-order valence-corrected chi connectivity index (χ1v) is 8.72. The number of benzene rings is 1. The summed E-state index contributed by atoms with van der Waals surface area (Å²) in [6, 6.07) is 9.91. The summed E-state index contributed by atoms with van der Waals surface area (Å²) in [5.74, 6) is 1.19. The third-order valence-electron chi connectivity index (χ3n) is 5.33. The summed E-state index contributed by atoms with van der Waals surface area (Å²) in [6.07, 6.45) is 1.20. The van der Waals surface area contributed by atoms with Crippen molar-refractivity contribution in [1.29, 1.82) is 0 Å². The Kier molecular flexibility index (Phi) is 4.31. The number of carbonyl (C=O) groups excluding carboxylic acids is 1. The Morgan fingerprint density at radius 3 is 2.96 bits per heavy atom. The van der Waals surface area contributed by atoms with Gasteiger partial charge in [-0.25, -0.2) is 4.98 Å². The van der Waals surface area contributed by atoms with Gasteiger partial charge in [0, 0.05) is 42.9 Å². The third kappa shape index (κ3) is 2.85. The number of hydrogen-bond donors (Lipinski definition) is 2. The van der Waals surface area contributed by atoms with Crippen molar-refractivity contribution < 1.29 is 14.3 Å². The highest BCUT2D eigenvalue weighted by Crippen LogP contribution is 2.43. The molecule has 2 fully saturated rings. The van der Waals surface area contributed by atoms with Crippen molar-refractivity contribution in [2.24, 2.45) is 11.8 Å². The number of imidazole rings is 1. The van der Waals surface area contributed by atoms with Crippen LogP contribution in [0.25, 0.3) is 11.4 Å². The summed E-state index contributed by atoms with van der Waals surface area (Å²) >= 11 is 0. The minimum atomic E-state index is -0.132. The summed E-state index contributed by atoms with van der Waals surface area (Å²) in [7, 11) is 1.69. The molecule has 1 aromatic carbocycles. The summed E-state index contributed by atoms with van der Waals surface area (Å²) < 4.78 is 11.1. The van der Waals surface area contributed by atoms with Crippen LogP contribution >= 0.6 is 0 Å². The van der Waals surface area contributed by atoms with Gasteiger partial charge in [-0.15, -0.1) is 0 Å². The van der Waals surface area contributed by atoms with Crippen molar-refractivity contribution in [3.05, 3.63) is 41.7 Å². The van der Waals surface area contributed by atoms with Crippen LogP contribution in [0.3, 0.4) is 0 Å². The fraction of sp³-hybridized carbons (Fsp3) is 0.474. The van der Waals surface area contributed by atoms with E-state index in [1.54, 1.807) is 7.11 Å². The zero-order chi connectivity index (χ0) is 17.4. The van der Waals surface area contributed by atoms with Crippen LogP contribution in [0.4, 0.5) is 0 Å². The number of fused-ring (bicyclic) bond motifs is 1. The zero-order valence-corrected chi connectivity index (χ0v) is 14.5. The lowest BCUT2D eigenvalue weighted by Gasteiger charge is -2.47. The lowest BCUT2D eigenvalue weighted by atomic mass is 9.67. The number of methoxy groups -OCH3 is 1. The maximum absolute atomic E-state index is 12.8. The average molecular weight is 341 g/mol. The largest absolute Gasteiger partial charge is 0.384 e. The smallest absolute Gasteiger partial charge is 0.272 e. The Balaban J connectivity index is 1.51. The zero-order valence-electron chi connectivity index (χ0n) is 14.5. The standard InChI is InChI=1S/C19H23N3O3/c1-11-15(21-18(20-11)12-6-4-3-5-7-12)19(23)22-16-13-8-9-25-17(13)14(16)10-24-2/h3-7,13-14,16-17H,8-10H2,1-2H3,(H,20,21)(H,22,23)/t13-,14+,16+,17-/m0/s1. The predicted molar refractivity (Wildman–Crippen MR) is 93.2 cm³/mol. The number of rotatable bonds is 5. The Labute approximate surface area is 146 Å². The molecule has 6 heteroatoms. The molecule has 25 heavy (non-hydrogen) atoms. The van der Waals surface area contributed by atoms with Gasteiger partial charge < -0.3 is 19.8 Å². The highest BCUT2D eigenvalue weighted by Gasteiger charge is 2.54. The van der Waals surface area contributed by atoms with Gasteiger partial charge in [-0.05, 0) is 13.3 Å². The quantitative estimate of drug-likeness (QED) is 0.874. The lowest BCUT2D eigenvalue weighted by molar-refractivity contribution is -0.0810. The molecule has 2 aromatic rings. The Hall–Kier alpha value is -2.18. The Bertz CT molecular complexity index is 759. The molecule has 1 aliphatic heterocycles. The van der Waals surface area contributed by atoms with Crippen LogP contribution in [0.5, 0.6) is 0 Å². The van der Waals surface area contributed by atoms with Crippen molar-refractivity contribution in [2.75, 3.05) is 20.3 Å². The lowest BCUT2D eigenvalue weighted by Crippen LogP contribution is -2.62. The van der Waals surface area contributed by atoms with Gasteiger partial charge in [-0.1, -0.05) is 30.3 Å². The molecule has 4 rings (SSSR count). The molecule has 132 valence electrons. The monoisotopic (exact) mass is 341 g/mol. The number of hydrogen-bond acceptors (Lipinski definition) is 4. The minimum Gasteiger partial charge on any atom is -0.384 e. The van der Waals surface area contributed by atoms with E-state index in [1.165, 1.54) is 0 Å². The number of nitrogens with zero attached hydrogens (tertiary/aromatic N) is 1. The highest BCUT2D eigenvalue weighted by molar-refractivity contribution is 5.94. The molecule has 1 amide bonds. The van der Waals surface area contributed by atoms with Crippen LogP contribution in [-0.4, -0.2) is 48.3 Å². The van der Waals surface area contributed by atoms with Gasteiger partial charge in [0.25, 0.3) is 5.91 Å². The fourth-order valence-electron chi connectivity index (χ4n) is 4.07. The van der Waals surface area contributed by atoms with E-state index in [4.69, 9.17) is 9.47 Å². The van der Waals surface area contributed by atoms with Gasteiger partial charge in [0.05, 0.1) is 12.7 Å². The van der Waals surface area contributed by atoms with Gasteiger partial charge in [0.15, 0.2) is 0 Å². The molecule has 0 bridgehead atoms. The van der Waals surface area contributed by atoms with Crippen molar-refractivity contribution >= 4 is 5.91 Å². The first-order chi connectivity index (χ1) is 12.2. The van der Waals surface area contributed by atoms with E-state index in [1.807, 2.05) is 37.3 Å². The number of nitrogens with one attached hydrogen (secondary N) is 2. The van der Waals surface area contributed by atoms with Crippen LogP contribution in [0, 0.1) is 18.8 Å². The summed E-state index contributed by atoms with van der Waals surface area (Å²) in [5.41, 5.74) is 2.20. The van der Waals surface area contributed by atoms with Crippen LogP contribution in [0.15, 0.2) is 30.3 Å². The van der Waals surface area contributed by atoms with E-state index in [0.717, 1.165) is 24.3 Å². The number of amides is 1. The fourth-order valence-corrected chi connectivity index (χ4v) is 4.07. The van der Waals surface area contributed by atoms with Crippen molar-refractivity contribution in [2.45, 2.75) is 25.5 Å². The number of ether oxygens (including phenoxy) is 2. The Morgan fingerprint density at radius 2 is 2.20 bits per heavy atom. The van der Waals surface area contributed by atoms with Crippen LogP contribution in [0.1, 0.15) is 22.6 Å². The van der Waals surface area contributed by atoms with Gasteiger partial charge in [0.2, 0.25) is 0 Å². The average Bonchev–Trinajstić information content (AvgIpc) is 3.22. The minimum absolute atomic E-state index is 0.0937. The molecule has 2 N–H and O–H groups in total. The molecule has 1 saturated carbocycles. The number of aryl methyl sites for hydroxylation is 1. The first-order valence-electron chi connectivity index (χ1n) is 8.72. The van der Waals surface area contributed by atoms with Gasteiger partial charge in [0.1, 0.15) is 11.5 Å². The Morgan fingerprint density at radius 1 is 1.40 bits per heavy atom. The van der Waals surface area contributed by atoms with E-state index in [-0.39, 0.29) is 24.0 Å². The molecule has 0 spiro atoms. The van der Waals surface area contributed by atoms with Crippen molar-refractivity contribution in [1.82, 2.24) is 15.3 Å². The van der Waals surface area contributed by atoms with E-state index >= 15 is 0 Å². The van der Waals surface area contributed by atoms with E-state index in [0.29, 0.717) is 24.0 Å². The van der Waals surface area contributed by atoms with E-state index in [2.05, 4.69) is 15.3 Å². The maximum atomic E-state index is 12.8. The summed E-state index contributed by atoms with van der Waals surface area (Å²) in [5, 5.41) is 3.16. The van der Waals surface area contributed by atoms with Crippen LogP contribution < -0.4 is 5.32 Å². The normalized spacial score (nSPS) is 27.6. The molecule has 1 aromatic heterocycles. The number of H-pyrrole nitrogens is 1. The van der Waals surface area contributed by atoms with E-state index < -0.39 is 0 Å². The van der Waals surface area contributed by atoms with E-state index in [9.17, 15) is 4.79 Å². The molecule has 2 heterocycles. The second kappa shape index (κ2) is 6.61. The highest BCUT2D eigenvalue weighted by atomic mass is 16.5. The topological polar surface area (TPSA) is 76.2 Å². The van der Waals surface area contributed by atoms with Crippen LogP contribution in [-0.2, 0) is 9.47 Å². The molecule has 1 aliphatic carbocycles. The van der Waals surface area contributed by atoms with Gasteiger partial charge in [-0.3, -0.25) is 4.79 Å². The first kappa shape index (κ1) is 16.3. The molecule has 0 unspecified atom stereocenters. The van der Waals surface area contributed by atoms with Gasteiger partial charge in [-0.2, -0.15) is 0 Å². The molecule has 6 nitrogen and oxygen atoms in total. The van der Waals surface area contributed by atoms with Crippen molar-refractivity contribution in [3.63, 3.8) is 0 Å².